The number of benzene rings is 2. The highest BCUT2D eigenvalue weighted by molar-refractivity contribution is 9.10. The average Bonchev–Trinajstić information content (AvgIpc) is 2.39. The Morgan fingerprint density at radius 2 is 1.95 bits per heavy atom. The van der Waals surface area contributed by atoms with Crippen LogP contribution in [0.15, 0.2) is 45.3 Å². The van der Waals surface area contributed by atoms with Crippen LogP contribution in [0.3, 0.4) is 0 Å². The molecule has 0 saturated heterocycles. The zero-order valence-electron chi connectivity index (χ0n) is 10.1. The summed E-state index contributed by atoms with van der Waals surface area (Å²) in [6.07, 6.45) is 0. The second-order valence-corrected chi connectivity index (χ2v) is 6.15. The van der Waals surface area contributed by atoms with Gasteiger partial charge in [0.25, 0.3) is 0 Å². The molecule has 0 spiro atoms. The predicted octanol–water partition coefficient (Wildman–Crippen LogP) is 5.14. The Hall–Kier alpha value is -1.04. The van der Waals surface area contributed by atoms with Gasteiger partial charge in [-0.15, -0.1) is 0 Å². The number of ether oxygens (including phenoxy) is 1. The minimum Gasteiger partial charge on any atom is -0.488 e. The lowest BCUT2D eigenvalue weighted by Crippen LogP contribution is -2.00. The summed E-state index contributed by atoms with van der Waals surface area (Å²) in [4.78, 5) is 10.9. The molecule has 3 nitrogen and oxygen atoms in total. The van der Waals surface area contributed by atoms with Crippen molar-refractivity contribution in [1.82, 2.24) is 0 Å². The largest absolute Gasteiger partial charge is 0.488 e. The van der Waals surface area contributed by atoms with Gasteiger partial charge >= 0.3 is 5.97 Å². The third kappa shape index (κ3) is 3.75. The van der Waals surface area contributed by atoms with Gasteiger partial charge in [0, 0.05) is 15.1 Å². The zero-order chi connectivity index (χ0) is 14.7. The Balaban J connectivity index is 2.18. The molecule has 2 aromatic rings. The monoisotopic (exact) mass is 418 g/mol. The van der Waals surface area contributed by atoms with E-state index in [0.29, 0.717) is 15.2 Å². The van der Waals surface area contributed by atoms with Gasteiger partial charge in [0.05, 0.1) is 10.0 Å². The molecule has 1 N–H and O–H groups in total. The Labute approximate surface area is 137 Å². The molecule has 0 aliphatic carbocycles. The van der Waals surface area contributed by atoms with E-state index in [-0.39, 0.29) is 12.2 Å². The van der Waals surface area contributed by atoms with E-state index in [9.17, 15) is 4.79 Å². The van der Waals surface area contributed by atoms with Gasteiger partial charge in [-0.25, -0.2) is 4.79 Å². The van der Waals surface area contributed by atoms with E-state index in [1.165, 1.54) is 12.1 Å². The number of carbonyl (C=O) groups is 1. The molecule has 0 atom stereocenters. The summed E-state index contributed by atoms with van der Waals surface area (Å²) in [6, 6.07) is 10.1. The first-order valence-corrected chi connectivity index (χ1v) is 7.53. The Bertz CT molecular complexity index is 659. The third-order valence-corrected chi connectivity index (χ3v) is 4.08. The highest BCUT2D eigenvalue weighted by atomic mass is 79.9. The number of hydrogen-bond donors (Lipinski definition) is 1. The molecule has 0 radical (unpaired) electrons. The molecule has 0 aliphatic heterocycles. The third-order valence-electron chi connectivity index (χ3n) is 2.58. The minimum atomic E-state index is -0.996. The quantitative estimate of drug-likeness (QED) is 0.745. The van der Waals surface area contributed by atoms with Crippen LogP contribution in [-0.4, -0.2) is 11.1 Å². The maximum atomic E-state index is 10.9. The van der Waals surface area contributed by atoms with Crippen LogP contribution in [0.25, 0.3) is 0 Å². The summed E-state index contributed by atoms with van der Waals surface area (Å²) in [5.41, 5.74) is 0.993. The minimum absolute atomic E-state index is 0.171. The van der Waals surface area contributed by atoms with Crippen LogP contribution in [0.4, 0.5) is 0 Å². The molecule has 0 heterocycles. The van der Waals surface area contributed by atoms with Crippen molar-refractivity contribution < 1.29 is 14.6 Å². The van der Waals surface area contributed by atoms with E-state index >= 15 is 0 Å². The van der Waals surface area contributed by atoms with Gasteiger partial charge in [-0.1, -0.05) is 33.6 Å². The fourth-order valence-electron chi connectivity index (χ4n) is 1.54. The van der Waals surface area contributed by atoms with Crippen molar-refractivity contribution in [1.29, 1.82) is 0 Å². The van der Waals surface area contributed by atoms with Gasteiger partial charge < -0.3 is 9.84 Å². The zero-order valence-corrected chi connectivity index (χ0v) is 14.0. The van der Waals surface area contributed by atoms with Crippen molar-refractivity contribution in [2.75, 3.05) is 0 Å². The van der Waals surface area contributed by atoms with Gasteiger partial charge in [0.1, 0.15) is 12.4 Å². The molecule has 6 heteroatoms. The maximum absolute atomic E-state index is 10.9. The van der Waals surface area contributed by atoms with E-state index in [1.807, 2.05) is 12.1 Å². The van der Waals surface area contributed by atoms with E-state index in [0.717, 1.165) is 10.0 Å². The normalized spacial score (nSPS) is 10.3. The van der Waals surface area contributed by atoms with E-state index in [2.05, 4.69) is 31.9 Å². The SMILES string of the molecule is O=C(O)c1ccc(Br)c(OCc2ccc(Br)cc2Cl)c1. The number of carboxylic acid groups (broad SMARTS) is 1. The molecular weight excluding hydrogens is 411 g/mol. The van der Waals surface area contributed by atoms with Crippen LogP contribution in [0, 0.1) is 0 Å². The molecule has 0 aliphatic rings. The number of halogens is 3. The molecule has 104 valence electrons. The molecule has 0 bridgehead atoms. The van der Waals surface area contributed by atoms with Crippen molar-refractivity contribution >= 4 is 49.4 Å². The average molecular weight is 420 g/mol. The molecular formula is C14H9Br2ClO3. The van der Waals surface area contributed by atoms with Gasteiger partial charge in [-0.3, -0.25) is 0 Å². The summed E-state index contributed by atoms with van der Waals surface area (Å²) in [6.45, 7) is 0.258. The lowest BCUT2D eigenvalue weighted by Gasteiger charge is -2.10. The Morgan fingerprint density at radius 3 is 2.60 bits per heavy atom. The first-order valence-electron chi connectivity index (χ1n) is 5.57. The van der Waals surface area contributed by atoms with Crippen molar-refractivity contribution in [3.05, 3.63) is 61.5 Å². The van der Waals surface area contributed by atoms with Crippen LogP contribution in [-0.2, 0) is 6.61 Å². The molecule has 2 rings (SSSR count). The topological polar surface area (TPSA) is 46.5 Å². The van der Waals surface area contributed by atoms with Crippen molar-refractivity contribution in [2.24, 2.45) is 0 Å². The van der Waals surface area contributed by atoms with Crippen molar-refractivity contribution in [3.63, 3.8) is 0 Å². The Morgan fingerprint density at radius 1 is 1.20 bits per heavy atom. The van der Waals surface area contributed by atoms with E-state index in [1.54, 1.807) is 12.1 Å². The van der Waals surface area contributed by atoms with Crippen LogP contribution >= 0.6 is 43.5 Å². The lowest BCUT2D eigenvalue weighted by atomic mass is 10.2. The van der Waals surface area contributed by atoms with E-state index in [4.69, 9.17) is 21.4 Å². The van der Waals surface area contributed by atoms with Crippen LogP contribution < -0.4 is 4.74 Å². The Kier molecular flexibility index (Phi) is 5.07. The second kappa shape index (κ2) is 6.61. The van der Waals surface area contributed by atoms with Gasteiger partial charge in [0.15, 0.2) is 0 Å². The molecule has 20 heavy (non-hydrogen) atoms. The predicted molar refractivity (Wildman–Crippen MR) is 84.6 cm³/mol. The second-order valence-electron chi connectivity index (χ2n) is 3.97. The summed E-state index contributed by atoms with van der Waals surface area (Å²) in [5.74, 6) is -0.534. The lowest BCUT2D eigenvalue weighted by molar-refractivity contribution is 0.0696. The van der Waals surface area contributed by atoms with Crippen LogP contribution in [0.2, 0.25) is 5.02 Å². The van der Waals surface area contributed by atoms with Gasteiger partial charge in [-0.2, -0.15) is 0 Å². The van der Waals surface area contributed by atoms with Crippen LogP contribution in [0.1, 0.15) is 15.9 Å². The summed E-state index contributed by atoms with van der Waals surface area (Å²) >= 11 is 12.8. The first kappa shape index (κ1) is 15.4. The fraction of sp³-hybridized carbons (Fsp3) is 0.0714. The first-order chi connectivity index (χ1) is 9.47. The van der Waals surface area contributed by atoms with Crippen LogP contribution in [0.5, 0.6) is 5.75 Å². The van der Waals surface area contributed by atoms with Gasteiger partial charge in [0.2, 0.25) is 0 Å². The van der Waals surface area contributed by atoms with Gasteiger partial charge in [-0.05, 0) is 46.3 Å². The number of carboxylic acids is 1. The smallest absolute Gasteiger partial charge is 0.335 e. The van der Waals surface area contributed by atoms with Crippen molar-refractivity contribution in [3.8, 4) is 5.75 Å². The summed E-state index contributed by atoms with van der Waals surface area (Å²) in [5, 5.41) is 9.55. The number of aromatic carboxylic acids is 1. The number of rotatable bonds is 4. The maximum Gasteiger partial charge on any atom is 0.335 e. The molecule has 2 aromatic carbocycles. The highest BCUT2D eigenvalue weighted by Crippen LogP contribution is 2.28. The molecule has 0 fully saturated rings. The molecule has 0 unspecified atom stereocenters. The standard InChI is InChI=1S/C14H9Br2ClO3/c15-10-3-1-9(12(17)6-10)7-20-13-5-8(14(18)19)2-4-11(13)16/h1-6H,7H2,(H,18,19). The summed E-state index contributed by atoms with van der Waals surface area (Å²) in [7, 11) is 0. The van der Waals surface area contributed by atoms with Crippen molar-refractivity contribution in [2.45, 2.75) is 6.61 Å². The molecule has 0 saturated carbocycles. The number of hydrogen-bond acceptors (Lipinski definition) is 2. The molecule has 0 amide bonds. The molecule has 0 aromatic heterocycles. The highest BCUT2D eigenvalue weighted by Gasteiger charge is 2.09. The summed E-state index contributed by atoms with van der Waals surface area (Å²) < 4.78 is 7.20. The van der Waals surface area contributed by atoms with E-state index < -0.39 is 5.97 Å². The fourth-order valence-corrected chi connectivity index (χ4v) is 2.63.